The van der Waals surface area contributed by atoms with Crippen molar-refractivity contribution in [2.75, 3.05) is 12.4 Å². The van der Waals surface area contributed by atoms with Gasteiger partial charge >= 0.3 is 0 Å². The Kier molecular flexibility index (Phi) is 5.69. The second kappa shape index (κ2) is 7.04. The fourth-order valence-electron chi connectivity index (χ4n) is 1.95. The predicted molar refractivity (Wildman–Crippen MR) is 76.8 cm³/mol. The van der Waals surface area contributed by atoms with Crippen LogP contribution in [0, 0.1) is 5.92 Å². The molecule has 0 aliphatic heterocycles. The zero-order valence-electron chi connectivity index (χ0n) is 11.8. The van der Waals surface area contributed by atoms with Gasteiger partial charge < -0.3 is 10.6 Å². The minimum Gasteiger partial charge on any atom is -0.382 e. The SMILES string of the molecule is CCC(Nc1ccc(CC(=O)NC)cc1)C(C)C. The molecule has 0 spiro atoms. The van der Waals surface area contributed by atoms with Crippen LogP contribution in [0.25, 0.3) is 0 Å². The fourth-order valence-corrected chi connectivity index (χ4v) is 1.95. The van der Waals surface area contributed by atoms with Crippen LogP contribution in [0.3, 0.4) is 0 Å². The monoisotopic (exact) mass is 248 g/mol. The van der Waals surface area contributed by atoms with E-state index in [9.17, 15) is 4.79 Å². The van der Waals surface area contributed by atoms with E-state index in [1.807, 2.05) is 24.3 Å². The summed E-state index contributed by atoms with van der Waals surface area (Å²) in [7, 11) is 1.66. The van der Waals surface area contributed by atoms with Crippen LogP contribution in [0.5, 0.6) is 0 Å². The fraction of sp³-hybridized carbons (Fsp3) is 0.533. The second-order valence-electron chi connectivity index (χ2n) is 4.95. The summed E-state index contributed by atoms with van der Waals surface area (Å²) in [5.41, 5.74) is 2.16. The molecule has 1 atom stereocenters. The minimum absolute atomic E-state index is 0.0457. The Morgan fingerprint density at radius 3 is 2.28 bits per heavy atom. The number of rotatable bonds is 6. The number of hydrogen-bond donors (Lipinski definition) is 2. The third-order valence-electron chi connectivity index (χ3n) is 3.19. The number of hydrogen-bond acceptors (Lipinski definition) is 2. The first kappa shape index (κ1) is 14.6. The summed E-state index contributed by atoms with van der Waals surface area (Å²) in [6, 6.07) is 8.59. The van der Waals surface area contributed by atoms with Gasteiger partial charge in [-0.05, 0) is 30.0 Å². The lowest BCUT2D eigenvalue weighted by molar-refractivity contribution is -0.119. The maximum absolute atomic E-state index is 11.3. The van der Waals surface area contributed by atoms with Crippen LogP contribution >= 0.6 is 0 Å². The third kappa shape index (κ3) is 4.40. The van der Waals surface area contributed by atoms with Crippen molar-refractivity contribution in [1.29, 1.82) is 0 Å². The van der Waals surface area contributed by atoms with Crippen LogP contribution in [0.2, 0.25) is 0 Å². The summed E-state index contributed by atoms with van der Waals surface area (Å²) in [6.07, 6.45) is 1.55. The van der Waals surface area contributed by atoms with Gasteiger partial charge in [0, 0.05) is 18.8 Å². The predicted octanol–water partition coefficient (Wildman–Crippen LogP) is 2.82. The molecule has 1 aromatic rings. The van der Waals surface area contributed by atoms with Crippen LogP contribution in [0.4, 0.5) is 5.69 Å². The molecule has 0 aromatic heterocycles. The molecule has 0 aliphatic rings. The largest absolute Gasteiger partial charge is 0.382 e. The highest BCUT2D eigenvalue weighted by atomic mass is 16.1. The van der Waals surface area contributed by atoms with Crippen LogP contribution in [0.1, 0.15) is 32.8 Å². The van der Waals surface area contributed by atoms with Crippen molar-refractivity contribution in [3.8, 4) is 0 Å². The van der Waals surface area contributed by atoms with Gasteiger partial charge in [0.05, 0.1) is 6.42 Å². The quantitative estimate of drug-likeness (QED) is 0.813. The first-order valence-corrected chi connectivity index (χ1v) is 6.62. The van der Waals surface area contributed by atoms with Gasteiger partial charge in [-0.15, -0.1) is 0 Å². The second-order valence-corrected chi connectivity index (χ2v) is 4.95. The van der Waals surface area contributed by atoms with Gasteiger partial charge in [0.1, 0.15) is 0 Å². The zero-order chi connectivity index (χ0) is 13.5. The summed E-state index contributed by atoms with van der Waals surface area (Å²) >= 11 is 0. The maximum Gasteiger partial charge on any atom is 0.224 e. The molecule has 3 nitrogen and oxygen atoms in total. The number of nitrogens with one attached hydrogen (secondary N) is 2. The molecule has 0 bridgehead atoms. The molecule has 1 rings (SSSR count). The van der Waals surface area contributed by atoms with Crippen molar-refractivity contribution in [3.63, 3.8) is 0 Å². The first-order valence-electron chi connectivity index (χ1n) is 6.62. The number of benzene rings is 1. The lowest BCUT2D eigenvalue weighted by atomic mass is 10.0. The molecular weight excluding hydrogens is 224 g/mol. The van der Waals surface area contributed by atoms with Crippen LogP contribution in [-0.4, -0.2) is 19.0 Å². The Hall–Kier alpha value is -1.51. The van der Waals surface area contributed by atoms with E-state index in [4.69, 9.17) is 0 Å². The summed E-state index contributed by atoms with van der Waals surface area (Å²) < 4.78 is 0. The average Bonchev–Trinajstić information content (AvgIpc) is 2.37. The van der Waals surface area contributed by atoms with E-state index in [1.165, 1.54) is 0 Å². The molecule has 0 saturated carbocycles. The number of carbonyl (C=O) groups excluding carboxylic acids is 1. The number of carbonyl (C=O) groups is 1. The normalized spacial score (nSPS) is 12.3. The van der Waals surface area contributed by atoms with Gasteiger partial charge in [0.15, 0.2) is 0 Å². The van der Waals surface area contributed by atoms with Gasteiger partial charge in [0.2, 0.25) is 5.91 Å². The van der Waals surface area contributed by atoms with Crippen molar-refractivity contribution < 1.29 is 4.79 Å². The van der Waals surface area contributed by atoms with E-state index in [2.05, 4.69) is 31.4 Å². The van der Waals surface area contributed by atoms with Crippen molar-refractivity contribution in [3.05, 3.63) is 29.8 Å². The molecule has 0 radical (unpaired) electrons. The topological polar surface area (TPSA) is 41.1 Å². The van der Waals surface area contributed by atoms with E-state index < -0.39 is 0 Å². The molecular formula is C15H24N2O. The van der Waals surface area contributed by atoms with E-state index in [0.29, 0.717) is 18.4 Å². The zero-order valence-corrected chi connectivity index (χ0v) is 11.8. The summed E-state index contributed by atoms with van der Waals surface area (Å²) in [5, 5.41) is 6.15. The molecule has 0 aliphatic carbocycles. The molecule has 100 valence electrons. The Labute approximate surface area is 110 Å². The molecule has 18 heavy (non-hydrogen) atoms. The lowest BCUT2D eigenvalue weighted by Crippen LogP contribution is -2.24. The summed E-state index contributed by atoms with van der Waals surface area (Å²) in [4.78, 5) is 11.3. The van der Waals surface area contributed by atoms with Gasteiger partial charge in [-0.25, -0.2) is 0 Å². The Bertz CT molecular complexity index is 371. The van der Waals surface area contributed by atoms with E-state index in [-0.39, 0.29) is 5.91 Å². The molecule has 1 amide bonds. The van der Waals surface area contributed by atoms with Crippen molar-refractivity contribution in [1.82, 2.24) is 5.32 Å². The molecule has 2 N–H and O–H groups in total. The van der Waals surface area contributed by atoms with Crippen molar-refractivity contribution in [2.45, 2.75) is 39.7 Å². The molecule has 1 aromatic carbocycles. The van der Waals surface area contributed by atoms with E-state index in [1.54, 1.807) is 7.05 Å². The molecule has 1 unspecified atom stereocenters. The highest BCUT2D eigenvalue weighted by Crippen LogP contribution is 2.16. The summed E-state index contributed by atoms with van der Waals surface area (Å²) in [5.74, 6) is 0.657. The standard InChI is InChI=1S/C15H24N2O/c1-5-14(11(2)3)17-13-8-6-12(7-9-13)10-15(18)16-4/h6-9,11,14,17H,5,10H2,1-4H3,(H,16,18). The Balaban J connectivity index is 2.62. The number of amides is 1. The highest BCUT2D eigenvalue weighted by molar-refractivity contribution is 5.78. The van der Waals surface area contributed by atoms with E-state index >= 15 is 0 Å². The van der Waals surface area contributed by atoms with Crippen LogP contribution in [-0.2, 0) is 11.2 Å². The highest BCUT2D eigenvalue weighted by Gasteiger charge is 2.10. The van der Waals surface area contributed by atoms with Gasteiger partial charge in [-0.1, -0.05) is 32.9 Å². The van der Waals surface area contributed by atoms with Crippen molar-refractivity contribution >= 4 is 11.6 Å². The van der Waals surface area contributed by atoms with Gasteiger partial charge in [-0.2, -0.15) is 0 Å². The third-order valence-corrected chi connectivity index (χ3v) is 3.19. The van der Waals surface area contributed by atoms with Gasteiger partial charge in [0.25, 0.3) is 0 Å². The smallest absolute Gasteiger partial charge is 0.224 e. The van der Waals surface area contributed by atoms with Crippen LogP contribution in [0.15, 0.2) is 24.3 Å². The summed E-state index contributed by atoms with van der Waals surface area (Å²) in [6.45, 7) is 6.64. The average molecular weight is 248 g/mol. The molecule has 0 heterocycles. The number of likely N-dealkylation sites (N-methyl/N-ethyl adjacent to an activating group) is 1. The first-order chi connectivity index (χ1) is 8.56. The molecule has 0 fully saturated rings. The Morgan fingerprint density at radius 2 is 1.83 bits per heavy atom. The number of anilines is 1. The van der Waals surface area contributed by atoms with Crippen molar-refractivity contribution in [2.24, 2.45) is 5.92 Å². The maximum atomic E-state index is 11.3. The van der Waals surface area contributed by atoms with E-state index in [0.717, 1.165) is 17.7 Å². The lowest BCUT2D eigenvalue weighted by Gasteiger charge is -2.22. The molecule has 3 heteroatoms. The van der Waals surface area contributed by atoms with Gasteiger partial charge in [-0.3, -0.25) is 4.79 Å². The van der Waals surface area contributed by atoms with Crippen LogP contribution < -0.4 is 10.6 Å². The Morgan fingerprint density at radius 1 is 1.22 bits per heavy atom. The molecule has 0 saturated heterocycles. The minimum atomic E-state index is 0.0457.